The highest BCUT2D eigenvalue weighted by Gasteiger charge is 2.23. The number of hydrogen-bond acceptors (Lipinski definition) is 2. The molecule has 0 bridgehead atoms. The quantitative estimate of drug-likeness (QED) is 0.508. The standard InChI is InChI=1S/C23H26N2/c1-14-10-16(3)22(24)19(12-14)21(18-8-6-5-7-9-18)20-13-15(2)11-17(4)23(20)25/h5-13,21H,24-25H2,1-4H3. The monoisotopic (exact) mass is 330 g/mol. The van der Waals surface area contributed by atoms with Gasteiger partial charge in [0.05, 0.1) is 0 Å². The first kappa shape index (κ1) is 17.1. The molecule has 0 saturated carbocycles. The van der Waals surface area contributed by atoms with Gasteiger partial charge in [-0.25, -0.2) is 0 Å². The topological polar surface area (TPSA) is 52.0 Å². The molecule has 2 nitrogen and oxygen atoms in total. The molecule has 0 saturated heterocycles. The van der Waals surface area contributed by atoms with Gasteiger partial charge in [-0.05, 0) is 55.5 Å². The summed E-state index contributed by atoms with van der Waals surface area (Å²) in [5.41, 5.74) is 22.8. The van der Waals surface area contributed by atoms with Crippen molar-refractivity contribution in [3.05, 3.63) is 93.5 Å². The predicted octanol–water partition coefficient (Wildman–Crippen LogP) is 5.26. The molecule has 25 heavy (non-hydrogen) atoms. The van der Waals surface area contributed by atoms with Crippen LogP contribution in [0, 0.1) is 27.7 Å². The van der Waals surface area contributed by atoms with Crippen LogP contribution >= 0.6 is 0 Å². The van der Waals surface area contributed by atoms with E-state index in [9.17, 15) is 0 Å². The van der Waals surface area contributed by atoms with Crippen LogP contribution in [-0.2, 0) is 0 Å². The number of rotatable bonds is 3. The van der Waals surface area contributed by atoms with Crippen LogP contribution in [-0.4, -0.2) is 0 Å². The summed E-state index contributed by atoms with van der Waals surface area (Å²) in [7, 11) is 0. The summed E-state index contributed by atoms with van der Waals surface area (Å²) in [4.78, 5) is 0. The van der Waals surface area contributed by atoms with E-state index in [4.69, 9.17) is 11.5 Å². The van der Waals surface area contributed by atoms with Crippen molar-refractivity contribution in [2.45, 2.75) is 33.6 Å². The van der Waals surface area contributed by atoms with Crippen LogP contribution in [0.1, 0.15) is 44.9 Å². The third-order valence-electron chi connectivity index (χ3n) is 4.88. The Labute approximate surface area is 150 Å². The largest absolute Gasteiger partial charge is 0.398 e. The minimum absolute atomic E-state index is 0.0263. The zero-order valence-electron chi connectivity index (χ0n) is 15.4. The summed E-state index contributed by atoms with van der Waals surface area (Å²) in [5.74, 6) is 0.0263. The van der Waals surface area contributed by atoms with E-state index < -0.39 is 0 Å². The van der Waals surface area contributed by atoms with Crippen LogP contribution in [0.25, 0.3) is 0 Å². The lowest BCUT2D eigenvalue weighted by Crippen LogP contribution is -2.11. The molecular weight excluding hydrogens is 304 g/mol. The van der Waals surface area contributed by atoms with Crippen LogP contribution in [0.2, 0.25) is 0 Å². The molecule has 4 N–H and O–H groups in total. The predicted molar refractivity (Wildman–Crippen MR) is 108 cm³/mol. The van der Waals surface area contributed by atoms with E-state index in [1.54, 1.807) is 0 Å². The highest BCUT2D eigenvalue weighted by Crippen LogP contribution is 2.40. The first-order valence-corrected chi connectivity index (χ1v) is 8.66. The number of nitrogen functional groups attached to an aromatic ring is 2. The number of hydrogen-bond donors (Lipinski definition) is 2. The Morgan fingerprint density at radius 3 is 1.52 bits per heavy atom. The van der Waals surface area contributed by atoms with Gasteiger partial charge >= 0.3 is 0 Å². The number of aryl methyl sites for hydroxylation is 4. The minimum atomic E-state index is 0.0263. The third kappa shape index (κ3) is 3.25. The van der Waals surface area contributed by atoms with Crippen molar-refractivity contribution in [3.63, 3.8) is 0 Å². The van der Waals surface area contributed by atoms with Crippen LogP contribution in [0.15, 0.2) is 54.6 Å². The molecule has 0 unspecified atom stereocenters. The van der Waals surface area contributed by atoms with Gasteiger partial charge in [0, 0.05) is 17.3 Å². The fourth-order valence-electron chi connectivity index (χ4n) is 3.67. The van der Waals surface area contributed by atoms with Gasteiger partial charge in [0.15, 0.2) is 0 Å². The van der Waals surface area contributed by atoms with E-state index in [0.717, 1.165) is 33.6 Å². The Morgan fingerprint density at radius 1 is 0.640 bits per heavy atom. The normalized spacial score (nSPS) is 11.1. The second kappa shape index (κ2) is 6.64. The van der Waals surface area contributed by atoms with Crippen molar-refractivity contribution < 1.29 is 0 Å². The molecule has 3 rings (SSSR count). The number of anilines is 2. The van der Waals surface area contributed by atoms with E-state index in [2.05, 4.69) is 76.2 Å². The highest BCUT2D eigenvalue weighted by molar-refractivity contribution is 5.66. The lowest BCUT2D eigenvalue weighted by Gasteiger charge is -2.25. The maximum absolute atomic E-state index is 6.51. The van der Waals surface area contributed by atoms with E-state index >= 15 is 0 Å². The van der Waals surface area contributed by atoms with Crippen molar-refractivity contribution in [2.24, 2.45) is 0 Å². The van der Waals surface area contributed by atoms with Gasteiger partial charge in [0.25, 0.3) is 0 Å². The second-order valence-electron chi connectivity index (χ2n) is 7.01. The molecule has 0 spiro atoms. The summed E-state index contributed by atoms with van der Waals surface area (Å²) in [6.45, 7) is 8.36. The van der Waals surface area contributed by atoms with Gasteiger partial charge in [-0.1, -0.05) is 65.7 Å². The molecule has 0 aliphatic rings. The Morgan fingerprint density at radius 2 is 1.08 bits per heavy atom. The molecule has 0 aliphatic heterocycles. The molecule has 0 fully saturated rings. The Hall–Kier alpha value is -2.74. The lowest BCUT2D eigenvalue weighted by atomic mass is 9.81. The third-order valence-corrected chi connectivity index (χ3v) is 4.88. The van der Waals surface area contributed by atoms with Gasteiger partial charge in [-0.2, -0.15) is 0 Å². The highest BCUT2D eigenvalue weighted by atomic mass is 14.6. The Balaban J connectivity index is 2.34. The summed E-state index contributed by atoms with van der Waals surface area (Å²) in [6, 6.07) is 19.1. The molecular formula is C23H26N2. The van der Waals surface area contributed by atoms with Gasteiger partial charge < -0.3 is 11.5 Å². The summed E-state index contributed by atoms with van der Waals surface area (Å²) in [6.07, 6.45) is 0. The number of nitrogens with two attached hydrogens (primary N) is 2. The van der Waals surface area contributed by atoms with Crippen LogP contribution in [0.5, 0.6) is 0 Å². The molecule has 0 radical (unpaired) electrons. The summed E-state index contributed by atoms with van der Waals surface area (Å²) >= 11 is 0. The van der Waals surface area contributed by atoms with Crippen LogP contribution in [0.4, 0.5) is 11.4 Å². The number of benzene rings is 3. The fraction of sp³-hybridized carbons (Fsp3) is 0.217. The first-order chi connectivity index (χ1) is 11.9. The van der Waals surface area contributed by atoms with Gasteiger partial charge in [-0.15, -0.1) is 0 Å². The van der Waals surface area contributed by atoms with E-state index in [1.807, 2.05) is 6.07 Å². The molecule has 0 atom stereocenters. The average molecular weight is 330 g/mol. The fourth-order valence-corrected chi connectivity index (χ4v) is 3.67. The molecule has 2 heteroatoms. The molecule has 0 heterocycles. The molecule has 3 aromatic carbocycles. The molecule has 3 aromatic rings. The maximum Gasteiger partial charge on any atom is 0.0386 e. The minimum Gasteiger partial charge on any atom is -0.398 e. The van der Waals surface area contributed by atoms with E-state index in [1.165, 1.54) is 16.7 Å². The van der Waals surface area contributed by atoms with E-state index in [-0.39, 0.29) is 5.92 Å². The van der Waals surface area contributed by atoms with Crippen molar-refractivity contribution in [1.29, 1.82) is 0 Å². The van der Waals surface area contributed by atoms with Crippen molar-refractivity contribution in [1.82, 2.24) is 0 Å². The smallest absolute Gasteiger partial charge is 0.0386 e. The first-order valence-electron chi connectivity index (χ1n) is 8.66. The summed E-state index contributed by atoms with van der Waals surface area (Å²) in [5, 5.41) is 0. The average Bonchev–Trinajstić information content (AvgIpc) is 2.57. The van der Waals surface area contributed by atoms with Gasteiger partial charge in [-0.3, -0.25) is 0 Å². The molecule has 0 aromatic heterocycles. The van der Waals surface area contributed by atoms with Crippen molar-refractivity contribution in [2.75, 3.05) is 11.5 Å². The second-order valence-corrected chi connectivity index (χ2v) is 7.01. The Kier molecular flexibility index (Phi) is 4.54. The molecule has 0 amide bonds. The van der Waals surface area contributed by atoms with Crippen LogP contribution < -0.4 is 11.5 Å². The maximum atomic E-state index is 6.51. The molecule has 128 valence electrons. The van der Waals surface area contributed by atoms with E-state index in [0.29, 0.717) is 0 Å². The Bertz CT molecular complexity index is 854. The zero-order chi connectivity index (χ0) is 18.1. The lowest BCUT2D eigenvalue weighted by molar-refractivity contribution is 0.972. The molecule has 0 aliphatic carbocycles. The van der Waals surface area contributed by atoms with Gasteiger partial charge in [0.2, 0.25) is 0 Å². The van der Waals surface area contributed by atoms with Crippen molar-refractivity contribution in [3.8, 4) is 0 Å². The summed E-state index contributed by atoms with van der Waals surface area (Å²) < 4.78 is 0. The zero-order valence-corrected chi connectivity index (χ0v) is 15.4. The SMILES string of the molecule is Cc1cc(C)c(N)c(C(c2ccccc2)c2cc(C)cc(C)c2N)c1. The van der Waals surface area contributed by atoms with Crippen LogP contribution in [0.3, 0.4) is 0 Å². The van der Waals surface area contributed by atoms with Gasteiger partial charge in [0.1, 0.15) is 0 Å². The van der Waals surface area contributed by atoms with Crippen molar-refractivity contribution >= 4 is 11.4 Å².